The molecule has 0 amide bonds. The van der Waals surface area contributed by atoms with Crippen LogP contribution >= 0.6 is 0 Å². The third-order valence-corrected chi connectivity index (χ3v) is 1.71. The van der Waals surface area contributed by atoms with E-state index >= 15 is 0 Å². The van der Waals surface area contributed by atoms with E-state index in [1.807, 2.05) is 24.6 Å². The van der Waals surface area contributed by atoms with Gasteiger partial charge in [0.05, 0.1) is 13.2 Å². The predicted molar refractivity (Wildman–Crippen MR) is 46.2 cm³/mol. The van der Waals surface area contributed by atoms with Gasteiger partial charge in [-0.05, 0) is 13.8 Å². The first-order chi connectivity index (χ1) is 5.79. The van der Waals surface area contributed by atoms with E-state index in [0.717, 1.165) is 18.1 Å². The molecule has 12 heavy (non-hydrogen) atoms. The topological polar surface area (TPSA) is 39.4 Å². The Hall–Kier alpha value is -1.32. The van der Waals surface area contributed by atoms with Gasteiger partial charge in [-0.2, -0.15) is 0 Å². The second kappa shape index (κ2) is 2.62. The number of ether oxygens (including phenoxy) is 1. The van der Waals surface area contributed by atoms with E-state index in [9.17, 15) is 0 Å². The van der Waals surface area contributed by atoms with Crippen molar-refractivity contribution >= 4 is 11.5 Å². The lowest BCUT2D eigenvalue weighted by molar-refractivity contribution is 0.322. The lowest BCUT2D eigenvalue weighted by atomic mass is 10.4. The molecule has 64 valence electrons. The molecule has 0 radical (unpaired) electrons. The molecule has 0 aliphatic carbocycles. The fourth-order valence-corrected chi connectivity index (χ4v) is 1.26. The van der Waals surface area contributed by atoms with Crippen molar-refractivity contribution in [1.29, 1.82) is 0 Å². The van der Waals surface area contributed by atoms with Crippen LogP contribution in [0.2, 0.25) is 0 Å². The molecular formula is C8H11N3O. The van der Waals surface area contributed by atoms with Gasteiger partial charge in [0.2, 0.25) is 5.88 Å². The van der Waals surface area contributed by atoms with Crippen LogP contribution in [-0.2, 0) is 6.54 Å². The van der Waals surface area contributed by atoms with E-state index < -0.39 is 0 Å². The first-order valence-corrected chi connectivity index (χ1v) is 4.04. The monoisotopic (exact) mass is 165 g/mol. The van der Waals surface area contributed by atoms with Crippen molar-refractivity contribution in [2.24, 2.45) is 4.99 Å². The summed E-state index contributed by atoms with van der Waals surface area (Å²) in [5, 5.41) is 4.21. The number of rotatable bonds is 2. The summed E-state index contributed by atoms with van der Waals surface area (Å²) in [6.07, 6.45) is 0. The molecular weight excluding hydrogens is 154 g/mol. The lowest BCUT2D eigenvalue weighted by Crippen LogP contribution is -2.01. The van der Waals surface area contributed by atoms with Crippen molar-refractivity contribution < 1.29 is 4.74 Å². The zero-order valence-corrected chi connectivity index (χ0v) is 7.24. The predicted octanol–water partition coefficient (Wildman–Crippen LogP) is 1.39. The van der Waals surface area contributed by atoms with Crippen LogP contribution in [0, 0.1) is 0 Å². The van der Waals surface area contributed by atoms with Gasteiger partial charge in [-0.3, -0.25) is 0 Å². The van der Waals surface area contributed by atoms with Crippen LogP contribution in [0.25, 0.3) is 0 Å². The third-order valence-electron chi connectivity index (χ3n) is 1.71. The Labute approximate surface area is 70.9 Å². The Bertz CT molecular complexity index is 327. The van der Waals surface area contributed by atoms with Crippen LogP contribution in [0.4, 0.5) is 5.82 Å². The van der Waals surface area contributed by atoms with Crippen LogP contribution in [0.1, 0.15) is 13.8 Å². The van der Waals surface area contributed by atoms with E-state index in [0.29, 0.717) is 12.5 Å². The summed E-state index contributed by atoms with van der Waals surface area (Å²) in [6, 6.07) is 1.86. The van der Waals surface area contributed by atoms with Gasteiger partial charge in [0.15, 0.2) is 5.82 Å². The second-order valence-electron chi connectivity index (χ2n) is 2.78. The largest absolute Gasteiger partial charge is 0.477 e. The molecule has 2 rings (SSSR count). The minimum absolute atomic E-state index is 0.652. The number of hydrogen-bond donors (Lipinski definition) is 0. The minimum Gasteiger partial charge on any atom is -0.477 e. The highest BCUT2D eigenvalue weighted by Gasteiger charge is 2.13. The van der Waals surface area contributed by atoms with E-state index in [1.165, 1.54) is 0 Å². The minimum atomic E-state index is 0.652. The number of aliphatic imine (C=N–C) groups is 1. The molecule has 4 heteroatoms. The van der Waals surface area contributed by atoms with Crippen molar-refractivity contribution in [3.8, 4) is 5.88 Å². The Morgan fingerprint density at radius 3 is 3.17 bits per heavy atom. The molecule has 0 atom stereocenters. The third kappa shape index (κ3) is 1.09. The lowest BCUT2D eigenvalue weighted by Gasteiger charge is -1.95. The van der Waals surface area contributed by atoms with Crippen molar-refractivity contribution in [2.45, 2.75) is 20.4 Å². The standard InChI is InChI=1S/C8H11N3O/c1-3-12-8-4-7-9-6(2)5-11(7)10-8/h4H,3,5H2,1-2H3. The first kappa shape index (κ1) is 7.34. The summed E-state index contributed by atoms with van der Waals surface area (Å²) >= 11 is 0. The number of fused-ring (bicyclic) bond motifs is 1. The van der Waals surface area contributed by atoms with Crippen molar-refractivity contribution in [3.63, 3.8) is 0 Å². The molecule has 0 saturated heterocycles. The molecule has 1 aromatic rings. The average Bonchev–Trinajstić information content (AvgIpc) is 2.44. The van der Waals surface area contributed by atoms with Crippen molar-refractivity contribution in [3.05, 3.63) is 6.07 Å². The van der Waals surface area contributed by atoms with Gasteiger partial charge >= 0.3 is 0 Å². The molecule has 1 aliphatic rings. The molecule has 0 saturated carbocycles. The zero-order chi connectivity index (χ0) is 8.55. The highest BCUT2D eigenvalue weighted by molar-refractivity contribution is 5.86. The van der Waals surface area contributed by atoms with Gasteiger partial charge < -0.3 is 4.74 Å². The Kier molecular flexibility index (Phi) is 1.60. The van der Waals surface area contributed by atoms with E-state index in [2.05, 4.69) is 10.1 Å². The van der Waals surface area contributed by atoms with Gasteiger partial charge in [0.25, 0.3) is 0 Å². The van der Waals surface area contributed by atoms with Crippen LogP contribution in [0.3, 0.4) is 0 Å². The summed E-state index contributed by atoms with van der Waals surface area (Å²) in [6.45, 7) is 5.38. The maximum absolute atomic E-state index is 5.24. The molecule has 0 unspecified atom stereocenters. The fraction of sp³-hybridized carbons (Fsp3) is 0.500. The van der Waals surface area contributed by atoms with Gasteiger partial charge in [0, 0.05) is 11.8 Å². The fourth-order valence-electron chi connectivity index (χ4n) is 1.26. The van der Waals surface area contributed by atoms with Gasteiger partial charge in [-0.25, -0.2) is 9.67 Å². The van der Waals surface area contributed by atoms with Crippen LogP contribution in [-0.4, -0.2) is 22.1 Å². The van der Waals surface area contributed by atoms with Crippen LogP contribution in [0.15, 0.2) is 11.1 Å². The zero-order valence-electron chi connectivity index (χ0n) is 7.24. The van der Waals surface area contributed by atoms with Gasteiger partial charge in [-0.15, -0.1) is 5.10 Å². The van der Waals surface area contributed by atoms with E-state index in [4.69, 9.17) is 4.74 Å². The highest BCUT2D eigenvalue weighted by atomic mass is 16.5. The Morgan fingerprint density at radius 1 is 1.67 bits per heavy atom. The molecule has 0 N–H and O–H groups in total. The molecule has 4 nitrogen and oxygen atoms in total. The summed E-state index contributed by atoms with van der Waals surface area (Å²) in [4.78, 5) is 4.29. The second-order valence-corrected chi connectivity index (χ2v) is 2.78. The van der Waals surface area contributed by atoms with Gasteiger partial charge in [-0.1, -0.05) is 0 Å². The molecule has 0 bridgehead atoms. The number of nitrogens with zero attached hydrogens (tertiary/aromatic N) is 3. The van der Waals surface area contributed by atoms with Gasteiger partial charge in [0.1, 0.15) is 0 Å². The van der Waals surface area contributed by atoms with E-state index in [-0.39, 0.29) is 0 Å². The van der Waals surface area contributed by atoms with Crippen molar-refractivity contribution in [2.75, 3.05) is 6.61 Å². The summed E-state index contributed by atoms with van der Waals surface area (Å²) in [5.74, 6) is 1.57. The summed E-state index contributed by atoms with van der Waals surface area (Å²) in [7, 11) is 0. The maximum atomic E-state index is 5.24. The number of hydrogen-bond acceptors (Lipinski definition) is 3. The molecule has 2 heterocycles. The summed E-state index contributed by atoms with van der Waals surface area (Å²) < 4.78 is 7.08. The Morgan fingerprint density at radius 2 is 2.50 bits per heavy atom. The molecule has 0 fully saturated rings. The van der Waals surface area contributed by atoms with Crippen molar-refractivity contribution in [1.82, 2.24) is 9.78 Å². The SMILES string of the molecule is CCOc1cc2n(n1)CC(C)=N2. The van der Waals surface area contributed by atoms with E-state index in [1.54, 1.807) is 0 Å². The van der Waals surface area contributed by atoms with Crippen LogP contribution in [0.5, 0.6) is 5.88 Å². The highest BCUT2D eigenvalue weighted by Crippen LogP contribution is 2.24. The number of aromatic nitrogens is 2. The van der Waals surface area contributed by atoms with Crippen LogP contribution < -0.4 is 4.74 Å². The molecule has 0 aromatic carbocycles. The first-order valence-electron chi connectivity index (χ1n) is 4.04. The molecule has 0 spiro atoms. The summed E-state index contributed by atoms with van der Waals surface area (Å²) in [5.41, 5.74) is 1.10. The normalized spacial score (nSPS) is 14.3. The maximum Gasteiger partial charge on any atom is 0.235 e. The average molecular weight is 165 g/mol. The Balaban J connectivity index is 2.26. The quantitative estimate of drug-likeness (QED) is 0.664. The molecule has 1 aromatic heterocycles. The molecule has 1 aliphatic heterocycles. The smallest absolute Gasteiger partial charge is 0.235 e.